The van der Waals surface area contributed by atoms with E-state index in [1.54, 1.807) is 0 Å². The molecule has 2 aliphatic carbocycles. The van der Waals surface area contributed by atoms with Crippen molar-refractivity contribution in [1.29, 1.82) is 0 Å². The molecule has 0 spiro atoms. The number of amides is 1. The monoisotopic (exact) mass is 340 g/mol. The molecule has 0 aliphatic heterocycles. The fourth-order valence-electron chi connectivity index (χ4n) is 4.18. The Hall–Kier alpha value is -1.63. The summed E-state index contributed by atoms with van der Waals surface area (Å²) >= 11 is 5.74. The summed E-state index contributed by atoms with van der Waals surface area (Å²) < 4.78 is 1.35. The lowest BCUT2D eigenvalue weighted by atomic mass is 9.84. The minimum Gasteiger partial charge on any atom is -0.358 e. The van der Waals surface area contributed by atoms with Crippen molar-refractivity contribution in [2.75, 3.05) is 0 Å². The Balaban J connectivity index is 1.48. The Bertz CT molecular complexity index is 618. The van der Waals surface area contributed by atoms with E-state index in [9.17, 15) is 14.9 Å². The number of aryl methyl sites for hydroxylation is 1. The first kappa shape index (κ1) is 16.2. The highest BCUT2D eigenvalue weighted by Crippen LogP contribution is 2.49. The van der Waals surface area contributed by atoms with Crippen LogP contribution >= 0.6 is 11.6 Å². The second-order valence-corrected chi connectivity index (χ2v) is 7.17. The quantitative estimate of drug-likeness (QED) is 0.636. The fourth-order valence-corrected chi connectivity index (χ4v) is 4.40. The van der Waals surface area contributed by atoms with E-state index >= 15 is 0 Å². The molecule has 1 aromatic rings. The van der Waals surface area contributed by atoms with Gasteiger partial charge in [-0.05, 0) is 48.9 Å². The summed E-state index contributed by atoms with van der Waals surface area (Å²) in [6.07, 6.45) is 6.81. The third kappa shape index (κ3) is 3.49. The Morgan fingerprint density at radius 2 is 2.35 bits per heavy atom. The van der Waals surface area contributed by atoms with Gasteiger partial charge in [0.2, 0.25) is 5.91 Å². The molecule has 126 valence electrons. The molecule has 3 rings (SSSR count). The van der Waals surface area contributed by atoms with Crippen molar-refractivity contribution in [1.82, 2.24) is 15.1 Å². The van der Waals surface area contributed by atoms with Gasteiger partial charge < -0.3 is 15.4 Å². The van der Waals surface area contributed by atoms with Crippen LogP contribution in [-0.2, 0) is 11.3 Å². The number of hydrogen-bond acceptors (Lipinski definition) is 4. The molecule has 8 heteroatoms. The first-order valence-electron chi connectivity index (χ1n) is 8.10. The SMILES string of the molecule is CC(NC(=O)CCn1cc(Cl)c([N+](=O)[O-])n1)C1CC2CCC1C2. The van der Waals surface area contributed by atoms with E-state index in [0.29, 0.717) is 5.92 Å². The second kappa shape index (κ2) is 6.47. The van der Waals surface area contributed by atoms with E-state index < -0.39 is 4.92 Å². The summed E-state index contributed by atoms with van der Waals surface area (Å²) in [4.78, 5) is 22.2. The number of nitrogens with one attached hydrogen (secondary N) is 1. The van der Waals surface area contributed by atoms with Crippen LogP contribution in [0.4, 0.5) is 5.82 Å². The van der Waals surface area contributed by atoms with Crippen molar-refractivity contribution in [2.45, 2.75) is 51.6 Å². The van der Waals surface area contributed by atoms with Crippen LogP contribution in [0.25, 0.3) is 0 Å². The average Bonchev–Trinajstić information content (AvgIpc) is 3.19. The van der Waals surface area contributed by atoms with Crippen LogP contribution in [0.5, 0.6) is 0 Å². The van der Waals surface area contributed by atoms with Crippen molar-refractivity contribution in [3.63, 3.8) is 0 Å². The lowest BCUT2D eigenvalue weighted by Gasteiger charge is -2.28. The summed E-state index contributed by atoms with van der Waals surface area (Å²) in [6, 6.07) is 0.188. The lowest BCUT2D eigenvalue weighted by Crippen LogP contribution is -2.40. The molecule has 1 heterocycles. The van der Waals surface area contributed by atoms with Gasteiger partial charge >= 0.3 is 5.82 Å². The molecule has 2 bridgehead atoms. The van der Waals surface area contributed by atoms with Gasteiger partial charge in [-0.15, -0.1) is 0 Å². The molecule has 0 saturated heterocycles. The van der Waals surface area contributed by atoms with Crippen LogP contribution < -0.4 is 5.32 Å². The zero-order valence-electron chi connectivity index (χ0n) is 13.1. The summed E-state index contributed by atoms with van der Waals surface area (Å²) in [5.74, 6) is 1.80. The molecule has 1 N–H and O–H groups in total. The van der Waals surface area contributed by atoms with E-state index in [2.05, 4.69) is 17.3 Å². The fraction of sp³-hybridized carbons (Fsp3) is 0.733. The number of nitro groups is 1. The zero-order valence-corrected chi connectivity index (χ0v) is 13.8. The molecule has 0 radical (unpaired) electrons. The minimum absolute atomic E-state index is 0.00856. The van der Waals surface area contributed by atoms with E-state index in [4.69, 9.17) is 11.6 Å². The third-order valence-corrected chi connectivity index (χ3v) is 5.53. The summed E-state index contributed by atoms with van der Waals surface area (Å²) in [6.45, 7) is 2.36. The maximum Gasteiger partial charge on any atom is 0.408 e. The Labute approximate surface area is 139 Å². The molecular weight excluding hydrogens is 320 g/mol. The van der Waals surface area contributed by atoms with Crippen molar-refractivity contribution < 1.29 is 9.72 Å². The van der Waals surface area contributed by atoms with Crippen LogP contribution in [0.2, 0.25) is 5.02 Å². The summed E-state index contributed by atoms with van der Waals surface area (Å²) in [5, 5.41) is 17.5. The van der Waals surface area contributed by atoms with E-state index in [-0.39, 0.29) is 35.8 Å². The van der Waals surface area contributed by atoms with Gasteiger partial charge in [0.25, 0.3) is 0 Å². The average molecular weight is 341 g/mol. The van der Waals surface area contributed by atoms with E-state index in [1.165, 1.54) is 36.6 Å². The van der Waals surface area contributed by atoms with E-state index in [1.807, 2.05) is 0 Å². The Morgan fingerprint density at radius 1 is 1.57 bits per heavy atom. The molecule has 7 nitrogen and oxygen atoms in total. The van der Waals surface area contributed by atoms with Crippen molar-refractivity contribution in [2.24, 2.45) is 17.8 Å². The predicted molar refractivity (Wildman–Crippen MR) is 85.1 cm³/mol. The van der Waals surface area contributed by atoms with Gasteiger partial charge in [-0.25, -0.2) is 0 Å². The van der Waals surface area contributed by atoms with Gasteiger partial charge in [0, 0.05) is 12.5 Å². The number of carbonyl (C=O) groups is 1. The van der Waals surface area contributed by atoms with Crippen molar-refractivity contribution in [3.05, 3.63) is 21.3 Å². The molecule has 23 heavy (non-hydrogen) atoms. The minimum atomic E-state index is -0.629. The first-order valence-corrected chi connectivity index (χ1v) is 8.48. The van der Waals surface area contributed by atoms with E-state index in [0.717, 1.165) is 11.8 Å². The zero-order chi connectivity index (χ0) is 16.6. The molecule has 0 aromatic carbocycles. The van der Waals surface area contributed by atoms with Crippen molar-refractivity contribution >= 4 is 23.3 Å². The highest BCUT2D eigenvalue weighted by Gasteiger charge is 2.42. The standard InChI is InChI=1S/C15H21ClN4O3/c1-9(12-7-10-2-3-11(12)6-10)17-14(21)4-5-19-8-13(16)15(18-19)20(22)23/h8-12H,2-7H2,1H3,(H,17,21). The molecule has 1 aromatic heterocycles. The topological polar surface area (TPSA) is 90.1 Å². The highest BCUT2D eigenvalue weighted by atomic mass is 35.5. The molecule has 1 amide bonds. The van der Waals surface area contributed by atoms with Crippen LogP contribution in [0, 0.1) is 27.9 Å². The maximum atomic E-state index is 12.1. The largest absolute Gasteiger partial charge is 0.408 e. The predicted octanol–water partition coefficient (Wildman–Crippen LogP) is 2.78. The van der Waals surface area contributed by atoms with Gasteiger partial charge in [-0.2, -0.15) is 4.68 Å². The molecule has 2 fully saturated rings. The van der Waals surface area contributed by atoms with Crippen molar-refractivity contribution in [3.8, 4) is 0 Å². The van der Waals surface area contributed by atoms with Gasteiger partial charge in [0.1, 0.15) is 0 Å². The Kier molecular flexibility index (Phi) is 4.57. The molecule has 2 aliphatic rings. The molecule has 4 unspecified atom stereocenters. The molecule has 2 saturated carbocycles. The van der Waals surface area contributed by atoms with Crippen LogP contribution in [0.3, 0.4) is 0 Å². The van der Waals surface area contributed by atoms with Crippen LogP contribution in [-0.4, -0.2) is 26.7 Å². The number of nitrogens with zero attached hydrogens (tertiary/aromatic N) is 3. The second-order valence-electron chi connectivity index (χ2n) is 6.77. The summed E-state index contributed by atoms with van der Waals surface area (Å²) in [5.41, 5.74) is 0. The third-order valence-electron chi connectivity index (χ3n) is 5.26. The van der Waals surface area contributed by atoms with Crippen LogP contribution in [0.1, 0.15) is 39.0 Å². The normalized spacial score (nSPS) is 27.1. The number of rotatable bonds is 6. The van der Waals surface area contributed by atoms with Gasteiger partial charge in [-0.1, -0.05) is 18.0 Å². The van der Waals surface area contributed by atoms with Crippen LogP contribution in [0.15, 0.2) is 6.20 Å². The number of halogens is 1. The Morgan fingerprint density at radius 3 is 2.91 bits per heavy atom. The number of fused-ring (bicyclic) bond motifs is 2. The number of hydrogen-bond donors (Lipinski definition) is 1. The number of aromatic nitrogens is 2. The molecule has 4 atom stereocenters. The highest BCUT2D eigenvalue weighted by molar-refractivity contribution is 6.32. The smallest absolute Gasteiger partial charge is 0.358 e. The van der Waals surface area contributed by atoms with Gasteiger partial charge in [0.15, 0.2) is 5.02 Å². The molecular formula is C15H21ClN4O3. The first-order chi connectivity index (χ1) is 10.9. The van der Waals surface area contributed by atoms with Gasteiger partial charge in [0.05, 0.1) is 17.8 Å². The maximum absolute atomic E-state index is 12.1. The number of carbonyl (C=O) groups excluding carboxylic acids is 1. The summed E-state index contributed by atoms with van der Waals surface area (Å²) in [7, 11) is 0. The van der Waals surface area contributed by atoms with Gasteiger partial charge in [-0.3, -0.25) is 4.79 Å². The lowest BCUT2D eigenvalue weighted by molar-refractivity contribution is -0.389.